The van der Waals surface area contributed by atoms with Crippen LogP contribution in [0, 0.1) is 6.92 Å². The molecule has 0 radical (unpaired) electrons. The third kappa shape index (κ3) is 3.13. The number of aromatic nitrogens is 2. The molecule has 0 fully saturated rings. The minimum absolute atomic E-state index is 0.189. The van der Waals surface area contributed by atoms with Gasteiger partial charge in [0, 0.05) is 28.1 Å². The molecule has 134 valence electrons. The van der Waals surface area contributed by atoms with Gasteiger partial charge < -0.3 is 16.4 Å². The number of fused-ring (bicyclic) bond motifs is 1. The quantitative estimate of drug-likeness (QED) is 0.625. The van der Waals surface area contributed by atoms with Crippen LogP contribution in [-0.4, -0.2) is 15.9 Å². The van der Waals surface area contributed by atoms with Crippen molar-refractivity contribution in [2.75, 3.05) is 11.1 Å². The molecule has 3 aromatic rings. The largest absolute Gasteiger partial charge is 0.398 e. The number of nitrogens with one attached hydrogen (secondary N) is 2. The number of nitrogens with two attached hydrogens (primary N) is 1. The van der Waals surface area contributed by atoms with Gasteiger partial charge in [-0.3, -0.25) is 4.79 Å². The number of rotatable bonds is 3. The van der Waals surface area contributed by atoms with Crippen molar-refractivity contribution in [3.63, 3.8) is 0 Å². The maximum atomic E-state index is 12.7. The van der Waals surface area contributed by atoms with Crippen LogP contribution in [-0.2, 0) is 6.54 Å². The molecule has 1 amide bonds. The van der Waals surface area contributed by atoms with Gasteiger partial charge in [-0.25, -0.2) is 9.97 Å². The van der Waals surface area contributed by atoms with Gasteiger partial charge in [-0.15, -0.1) is 0 Å². The minimum Gasteiger partial charge on any atom is -0.398 e. The van der Waals surface area contributed by atoms with Crippen LogP contribution in [0.25, 0.3) is 17.3 Å². The molecule has 0 unspecified atom stereocenters. The van der Waals surface area contributed by atoms with E-state index in [2.05, 4.69) is 20.6 Å². The number of hydrogen-bond donors (Lipinski definition) is 3. The lowest BCUT2D eigenvalue weighted by molar-refractivity contribution is 0.102. The normalized spacial score (nSPS) is 12.2. The maximum Gasteiger partial charge on any atom is 0.256 e. The Bertz CT molecular complexity index is 1040. The molecule has 0 atom stereocenters. The molecule has 2 aromatic carbocycles. The fourth-order valence-corrected chi connectivity index (χ4v) is 3.16. The molecule has 6 nitrogen and oxygen atoms in total. The number of nitrogens with zero attached hydrogens (tertiary/aromatic N) is 2. The Kier molecular flexibility index (Phi) is 4.30. The van der Waals surface area contributed by atoms with E-state index < -0.39 is 0 Å². The van der Waals surface area contributed by atoms with Crippen molar-refractivity contribution in [1.29, 1.82) is 0 Å². The molecule has 6 heteroatoms. The first-order chi connectivity index (χ1) is 13.1. The summed E-state index contributed by atoms with van der Waals surface area (Å²) in [5.74, 6) is -0.189. The van der Waals surface area contributed by atoms with Gasteiger partial charge in [0.15, 0.2) is 0 Å². The van der Waals surface area contributed by atoms with Crippen LogP contribution >= 0.6 is 0 Å². The molecule has 27 heavy (non-hydrogen) atoms. The predicted octanol–water partition coefficient (Wildman–Crippen LogP) is 3.36. The van der Waals surface area contributed by atoms with Crippen molar-refractivity contribution in [3.05, 3.63) is 77.4 Å². The summed E-state index contributed by atoms with van der Waals surface area (Å²) in [6, 6.07) is 13.0. The predicted molar refractivity (Wildman–Crippen MR) is 107 cm³/mol. The van der Waals surface area contributed by atoms with Gasteiger partial charge in [0.25, 0.3) is 5.91 Å². The van der Waals surface area contributed by atoms with Gasteiger partial charge in [-0.1, -0.05) is 18.2 Å². The van der Waals surface area contributed by atoms with E-state index >= 15 is 0 Å². The average Bonchev–Trinajstić information content (AvgIpc) is 2.70. The van der Waals surface area contributed by atoms with Crippen molar-refractivity contribution in [1.82, 2.24) is 15.3 Å². The second kappa shape index (κ2) is 6.92. The summed E-state index contributed by atoms with van der Waals surface area (Å²) in [6.45, 7) is 2.50. The van der Waals surface area contributed by atoms with E-state index in [1.54, 1.807) is 12.4 Å². The van der Waals surface area contributed by atoms with E-state index in [1.165, 1.54) is 0 Å². The van der Waals surface area contributed by atoms with Crippen LogP contribution in [0.3, 0.4) is 0 Å². The van der Waals surface area contributed by atoms with Crippen molar-refractivity contribution in [2.45, 2.75) is 13.5 Å². The summed E-state index contributed by atoms with van der Waals surface area (Å²) in [7, 11) is 0. The van der Waals surface area contributed by atoms with E-state index in [0.29, 0.717) is 17.8 Å². The standard InChI is InChI=1S/C21H19N5O/c1-13-15(21(27)26-14-5-3-2-4-6-14)7-8-17(19(13)22)20-16-9-10-23-11-18(16)24-12-25-20/h2-10,12,23H,11,22H2,1H3,(H,26,27). The molecule has 1 aliphatic rings. The second-order valence-electron chi connectivity index (χ2n) is 6.32. The monoisotopic (exact) mass is 357 g/mol. The first kappa shape index (κ1) is 16.8. The molecule has 4 N–H and O–H groups in total. The Morgan fingerprint density at radius 3 is 2.78 bits per heavy atom. The van der Waals surface area contributed by atoms with Gasteiger partial charge in [0.05, 0.1) is 17.9 Å². The van der Waals surface area contributed by atoms with Crippen molar-refractivity contribution >= 4 is 23.4 Å². The molecule has 2 heterocycles. The molecule has 4 rings (SSSR count). The van der Waals surface area contributed by atoms with Crippen LogP contribution in [0.2, 0.25) is 0 Å². The molecule has 0 bridgehead atoms. The van der Waals surface area contributed by atoms with Crippen LogP contribution in [0.5, 0.6) is 0 Å². The lowest BCUT2D eigenvalue weighted by Crippen LogP contribution is -2.15. The zero-order valence-electron chi connectivity index (χ0n) is 14.9. The molecular formula is C21H19N5O. The highest BCUT2D eigenvalue weighted by molar-refractivity contribution is 6.07. The van der Waals surface area contributed by atoms with Gasteiger partial charge in [-0.05, 0) is 49.0 Å². The summed E-state index contributed by atoms with van der Waals surface area (Å²) in [5.41, 5.74) is 12.4. The van der Waals surface area contributed by atoms with E-state index in [1.807, 2.05) is 55.6 Å². The Balaban J connectivity index is 1.72. The van der Waals surface area contributed by atoms with Crippen molar-refractivity contribution in [2.24, 2.45) is 0 Å². The highest BCUT2D eigenvalue weighted by Crippen LogP contribution is 2.33. The first-order valence-corrected chi connectivity index (χ1v) is 8.65. The summed E-state index contributed by atoms with van der Waals surface area (Å²) < 4.78 is 0. The smallest absolute Gasteiger partial charge is 0.256 e. The number of para-hydroxylation sites is 1. The minimum atomic E-state index is -0.189. The summed E-state index contributed by atoms with van der Waals surface area (Å²) in [4.78, 5) is 21.4. The molecule has 0 saturated carbocycles. The molecular weight excluding hydrogens is 338 g/mol. The Hall–Kier alpha value is -3.67. The third-order valence-corrected chi connectivity index (χ3v) is 4.65. The topological polar surface area (TPSA) is 92.9 Å². The second-order valence-corrected chi connectivity index (χ2v) is 6.32. The summed E-state index contributed by atoms with van der Waals surface area (Å²) in [5, 5.41) is 6.03. The number of hydrogen-bond acceptors (Lipinski definition) is 5. The van der Waals surface area contributed by atoms with Crippen molar-refractivity contribution < 1.29 is 4.79 Å². The highest BCUT2D eigenvalue weighted by Gasteiger charge is 2.19. The number of amides is 1. The molecule has 0 aliphatic carbocycles. The van der Waals surface area contributed by atoms with Crippen LogP contribution < -0.4 is 16.4 Å². The van der Waals surface area contributed by atoms with Gasteiger partial charge in [0.1, 0.15) is 6.33 Å². The van der Waals surface area contributed by atoms with Crippen LogP contribution in [0.4, 0.5) is 11.4 Å². The SMILES string of the molecule is Cc1c(C(=O)Nc2ccccc2)ccc(-c2ncnc3c2C=CNC3)c1N. The van der Waals surface area contributed by atoms with E-state index in [9.17, 15) is 4.79 Å². The van der Waals surface area contributed by atoms with Gasteiger partial charge in [-0.2, -0.15) is 0 Å². The maximum absolute atomic E-state index is 12.7. The Labute approximate surface area is 157 Å². The number of benzene rings is 2. The Morgan fingerprint density at radius 2 is 1.96 bits per heavy atom. The van der Waals surface area contributed by atoms with E-state index in [0.717, 1.165) is 33.8 Å². The summed E-state index contributed by atoms with van der Waals surface area (Å²) in [6.07, 6.45) is 5.36. The zero-order chi connectivity index (χ0) is 18.8. The van der Waals surface area contributed by atoms with Gasteiger partial charge in [0.2, 0.25) is 0 Å². The molecule has 0 saturated heterocycles. The van der Waals surface area contributed by atoms with Crippen molar-refractivity contribution in [3.8, 4) is 11.3 Å². The summed E-state index contributed by atoms with van der Waals surface area (Å²) >= 11 is 0. The molecule has 0 spiro atoms. The fourth-order valence-electron chi connectivity index (χ4n) is 3.16. The fraction of sp³-hybridized carbons (Fsp3) is 0.0952. The molecule has 1 aromatic heterocycles. The first-order valence-electron chi connectivity index (χ1n) is 8.65. The lowest BCUT2D eigenvalue weighted by Gasteiger charge is -2.17. The molecule has 1 aliphatic heterocycles. The van der Waals surface area contributed by atoms with Crippen LogP contribution in [0.1, 0.15) is 27.2 Å². The number of anilines is 2. The van der Waals surface area contributed by atoms with Crippen LogP contribution in [0.15, 0.2) is 55.0 Å². The number of nitrogen functional groups attached to an aromatic ring is 1. The number of carbonyl (C=O) groups is 1. The van der Waals surface area contributed by atoms with E-state index in [-0.39, 0.29) is 5.91 Å². The third-order valence-electron chi connectivity index (χ3n) is 4.65. The average molecular weight is 357 g/mol. The lowest BCUT2D eigenvalue weighted by atomic mass is 9.96. The zero-order valence-corrected chi connectivity index (χ0v) is 14.9. The number of carbonyl (C=O) groups excluding carboxylic acids is 1. The van der Waals surface area contributed by atoms with E-state index in [4.69, 9.17) is 5.73 Å². The van der Waals surface area contributed by atoms with Gasteiger partial charge >= 0.3 is 0 Å². The highest BCUT2D eigenvalue weighted by atomic mass is 16.1. The Morgan fingerprint density at radius 1 is 1.15 bits per heavy atom.